The number of alkyl halides is 5. The second-order valence-corrected chi connectivity index (χ2v) is 8.41. The molecular weight excluding hydrogens is 511 g/mol. The molecular formula is C24H20ClF5N2O4. The Labute approximate surface area is 207 Å². The van der Waals surface area contributed by atoms with Crippen LogP contribution in [0, 0.1) is 6.92 Å². The van der Waals surface area contributed by atoms with E-state index >= 15 is 0 Å². The van der Waals surface area contributed by atoms with E-state index in [4.69, 9.17) is 26.2 Å². The predicted octanol–water partition coefficient (Wildman–Crippen LogP) is 5.76. The van der Waals surface area contributed by atoms with Gasteiger partial charge in [-0.1, -0.05) is 35.9 Å². The van der Waals surface area contributed by atoms with Crippen LogP contribution in [0.3, 0.4) is 0 Å². The van der Waals surface area contributed by atoms with E-state index in [1.165, 1.54) is 4.90 Å². The number of benzene rings is 2. The number of likely N-dealkylation sites (tertiary alicyclic amines) is 1. The molecule has 12 heteroatoms. The van der Waals surface area contributed by atoms with Gasteiger partial charge in [0.15, 0.2) is 6.10 Å². The Morgan fingerprint density at radius 1 is 1.14 bits per heavy atom. The first-order valence-electron chi connectivity index (χ1n) is 10.5. The largest absolute Gasteiger partial charge is 0.490 e. The van der Waals surface area contributed by atoms with Crippen LogP contribution in [0.5, 0.6) is 5.88 Å². The zero-order valence-electron chi connectivity index (χ0n) is 18.7. The number of amides is 1. The Kier molecular flexibility index (Phi) is 8.02. The monoisotopic (exact) mass is 530 g/mol. The number of pyridine rings is 1. The number of carboxylic acids is 1. The van der Waals surface area contributed by atoms with Crippen LogP contribution in [0.1, 0.15) is 22.3 Å². The first-order chi connectivity index (χ1) is 16.8. The highest BCUT2D eigenvalue weighted by Gasteiger charge is 2.47. The molecule has 1 aliphatic rings. The lowest BCUT2D eigenvalue weighted by Crippen LogP contribution is -2.55. The smallest absolute Gasteiger partial charge is 0.475 e. The average Bonchev–Trinajstić information content (AvgIpc) is 2.81. The van der Waals surface area contributed by atoms with E-state index < -0.39 is 30.6 Å². The second kappa shape index (κ2) is 10.7. The standard InChI is InChI=1S/C22H19ClF2N2O2.C2HF3O2/c1-14-6-8-16(23)12-17(14)21(28)27-11-10-22(24,25)19(13-27)29-20-9-7-15-4-2-3-5-18(15)26-20;3-2(4,5)1(6)7/h2-9,12,19H,10-11,13H2,1H3;(H,6,7). The number of aryl methyl sites for hydroxylation is 1. The van der Waals surface area contributed by atoms with Crippen LogP contribution in [0.4, 0.5) is 22.0 Å². The number of fused-ring (bicyclic) bond motifs is 1. The fraction of sp³-hybridized carbons (Fsp3) is 0.292. The number of rotatable bonds is 3. The van der Waals surface area contributed by atoms with E-state index in [-0.39, 0.29) is 24.9 Å². The number of carbonyl (C=O) groups is 2. The first-order valence-corrected chi connectivity index (χ1v) is 10.9. The normalized spacial score (nSPS) is 17.2. The van der Waals surface area contributed by atoms with Gasteiger partial charge < -0.3 is 14.7 Å². The highest BCUT2D eigenvalue weighted by molar-refractivity contribution is 6.31. The maximum absolute atomic E-state index is 14.5. The summed E-state index contributed by atoms with van der Waals surface area (Å²) in [5, 5.41) is 8.44. The van der Waals surface area contributed by atoms with Gasteiger partial charge in [0, 0.05) is 35.0 Å². The summed E-state index contributed by atoms with van der Waals surface area (Å²) >= 11 is 6.01. The molecule has 1 N–H and O–H groups in total. The number of hydrogen-bond donors (Lipinski definition) is 1. The predicted molar refractivity (Wildman–Crippen MR) is 122 cm³/mol. The second-order valence-electron chi connectivity index (χ2n) is 7.97. The summed E-state index contributed by atoms with van der Waals surface area (Å²) < 4.78 is 66.4. The van der Waals surface area contributed by atoms with Gasteiger partial charge in [-0.05, 0) is 36.8 Å². The van der Waals surface area contributed by atoms with Crippen LogP contribution in [-0.2, 0) is 4.79 Å². The number of para-hydroxylation sites is 1. The van der Waals surface area contributed by atoms with Crippen LogP contribution in [0.15, 0.2) is 54.6 Å². The molecule has 1 atom stereocenters. The van der Waals surface area contributed by atoms with Crippen molar-refractivity contribution in [3.63, 3.8) is 0 Å². The van der Waals surface area contributed by atoms with Crippen molar-refractivity contribution < 1.29 is 41.4 Å². The molecule has 3 aromatic rings. The lowest BCUT2D eigenvalue weighted by Gasteiger charge is -2.38. The van der Waals surface area contributed by atoms with Gasteiger partial charge in [-0.15, -0.1) is 0 Å². The maximum Gasteiger partial charge on any atom is 0.490 e. The molecule has 192 valence electrons. The van der Waals surface area contributed by atoms with Crippen molar-refractivity contribution >= 4 is 34.4 Å². The molecule has 0 saturated carbocycles. The highest BCUT2D eigenvalue weighted by Crippen LogP contribution is 2.33. The lowest BCUT2D eigenvalue weighted by atomic mass is 10.0. The Hall–Kier alpha value is -3.47. The Morgan fingerprint density at radius 3 is 2.47 bits per heavy atom. The molecule has 4 rings (SSSR count). The van der Waals surface area contributed by atoms with Gasteiger partial charge in [0.05, 0.1) is 12.1 Å². The quantitative estimate of drug-likeness (QED) is 0.436. The summed E-state index contributed by atoms with van der Waals surface area (Å²) in [5.41, 5.74) is 1.81. The number of carbonyl (C=O) groups excluding carboxylic acids is 1. The van der Waals surface area contributed by atoms with Crippen LogP contribution in [0.2, 0.25) is 5.02 Å². The van der Waals surface area contributed by atoms with Crippen molar-refractivity contribution in [2.45, 2.75) is 31.5 Å². The third-order valence-electron chi connectivity index (χ3n) is 5.37. The van der Waals surface area contributed by atoms with Crippen molar-refractivity contribution in [3.8, 4) is 5.88 Å². The van der Waals surface area contributed by atoms with E-state index in [1.54, 1.807) is 43.3 Å². The number of aromatic nitrogens is 1. The van der Waals surface area contributed by atoms with E-state index in [2.05, 4.69) is 4.98 Å². The lowest BCUT2D eigenvalue weighted by molar-refractivity contribution is -0.192. The van der Waals surface area contributed by atoms with Crippen molar-refractivity contribution in [2.75, 3.05) is 13.1 Å². The first kappa shape index (κ1) is 27.1. The molecule has 0 spiro atoms. The van der Waals surface area contributed by atoms with Gasteiger partial charge in [0.1, 0.15) is 0 Å². The maximum atomic E-state index is 14.5. The third kappa shape index (κ3) is 6.60. The molecule has 0 radical (unpaired) electrons. The number of hydrogen-bond acceptors (Lipinski definition) is 4. The van der Waals surface area contributed by atoms with Crippen molar-refractivity contribution in [1.82, 2.24) is 9.88 Å². The van der Waals surface area contributed by atoms with Gasteiger partial charge in [-0.3, -0.25) is 4.79 Å². The van der Waals surface area contributed by atoms with Gasteiger partial charge in [0.2, 0.25) is 5.88 Å². The van der Waals surface area contributed by atoms with Crippen LogP contribution in [-0.4, -0.2) is 58.2 Å². The highest BCUT2D eigenvalue weighted by atomic mass is 35.5. The van der Waals surface area contributed by atoms with Gasteiger partial charge in [-0.2, -0.15) is 13.2 Å². The summed E-state index contributed by atoms with van der Waals surface area (Å²) in [6.07, 6.45) is -7.04. The number of ether oxygens (including phenoxy) is 1. The molecule has 1 aromatic heterocycles. The summed E-state index contributed by atoms with van der Waals surface area (Å²) in [7, 11) is 0. The Morgan fingerprint density at radius 2 is 1.81 bits per heavy atom. The van der Waals surface area contributed by atoms with Crippen molar-refractivity contribution in [1.29, 1.82) is 0 Å². The Bertz CT molecular complexity index is 1270. The number of halogens is 6. The minimum absolute atomic E-state index is 0.0528. The number of piperidine rings is 1. The minimum Gasteiger partial charge on any atom is -0.475 e. The number of aliphatic carboxylic acids is 1. The molecule has 2 aromatic carbocycles. The fourth-order valence-corrected chi connectivity index (χ4v) is 3.60. The summed E-state index contributed by atoms with van der Waals surface area (Å²) in [6.45, 7) is 1.50. The van der Waals surface area contributed by atoms with Crippen molar-refractivity contribution in [3.05, 3.63) is 70.7 Å². The SMILES string of the molecule is Cc1ccc(Cl)cc1C(=O)N1CCC(F)(F)C(Oc2ccc3ccccc3n2)C1.O=C(O)C(F)(F)F. The van der Waals surface area contributed by atoms with Crippen LogP contribution >= 0.6 is 11.6 Å². The minimum atomic E-state index is -5.08. The van der Waals surface area contributed by atoms with Gasteiger partial charge in [0.25, 0.3) is 11.8 Å². The zero-order valence-corrected chi connectivity index (χ0v) is 19.5. The number of carboxylic acid groups (broad SMARTS) is 1. The molecule has 1 saturated heterocycles. The molecule has 36 heavy (non-hydrogen) atoms. The molecule has 1 amide bonds. The van der Waals surface area contributed by atoms with Gasteiger partial charge in [-0.25, -0.2) is 18.6 Å². The molecule has 6 nitrogen and oxygen atoms in total. The van der Waals surface area contributed by atoms with Crippen molar-refractivity contribution in [2.24, 2.45) is 0 Å². The zero-order chi connectivity index (χ0) is 26.7. The van der Waals surface area contributed by atoms with Gasteiger partial charge >= 0.3 is 12.1 Å². The summed E-state index contributed by atoms with van der Waals surface area (Å²) in [6, 6.07) is 15.7. The van der Waals surface area contributed by atoms with Crippen LogP contribution in [0.25, 0.3) is 10.9 Å². The van der Waals surface area contributed by atoms with Crippen LogP contribution < -0.4 is 4.74 Å². The Balaban J connectivity index is 0.000000454. The molecule has 1 aliphatic heterocycles. The molecule has 1 fully saturated rings. The summed E-state index contributed by atoms with van der Waals surface area (Å²) in [4.78, 5) is 27.5. The fourth-order valence-electron chi connectivity index (χ4n) is 3.43. The van der Waals surface area contributed by atoms with E-state index in [0.717, 1.165) is 10.9 Å². The molecule has 2 heterocycles. The summed E-state index contributed by atoms with van der Waals surface area (Å²) in [5.74, 6) is -6.04. The molecule has 0 aliphatic carbocycles. The molecule has 1 unspecified atom stereocenters. The third-order valence-corrected chi connectivity index (χ3v) is 5.60. The van der Waals surface area contributed by atoms with E-state index in [0.29, 0.717) is 16.1 Å². The van der Waals surface area contributed by atoms with E-state index in [1.807, 2.05) is 18.2 Å². The number of nitrogens with zero attached hydrogens (tertiary/aromatic N) is 2. The molecule has 0 bridgehead atoms. The average molecular weight is 531 g/mol. The topological polar surface area (TPSA) is 79.7 Å². The van der Waals surface area contributed by atoms with E-state index in [9.17, 15) is 26.7 Å².